The molecule has 30 heavy (non-hydrogen) atoms. The van der Waals surface area contributed by atoms with Crippen LogP contribution in [0, 0.1) is 11.6 Å². The van der Waals surface area contributed by atoms with E-state index in [-0.39, 0.29) is 0 Å². The minimum atomic E-state index is -0.933. The van der Waals surface area contributed by atoms with E-state index in [1.807, 2.05) is 0 Å². The molecule has 0 aliphatic rings. The Morgan fingerprint density at radius 3 is 2.50 bits per heavy atom. The second-order valence-corrected chi connectivity index (χ2v) is 6.73. The molecule has 2 aromatic carbocycles. The lowest BCUT2D eigenvalue weighted by molar-refractivity contribution is 0.243. The average Bonchev–Trinajstić information content (AvgIpc) is 2.76. The van der Waals surface area contributed by atoms with Crippen LogP contribution in [-0.2, 0) is 0 Å². The van der Waals surface area contributed by atoms with Crippen molar-refractivity contribution in [1.82, 2.24) is 14.9 Å². The standard InChI is InChI=1S/C22H26F2N4O2/c1-4-28(5-2)9-6-10-30-21-12-16-19(13-20(21)29-3)25-14-26-22(16)27-15-7-8-17(23)18(24)11-15/h7-8,11-14H,4-6,9-10H2,1-3H3,(H,25,26,27). The van der Waals surface area contributed by atoms with E-state index >= 15 is 0 Å². The maximum atomic E-state index is 13.6. The Bertz CT molecular complexity index is 996. The number of nitrogens with one attached hydrogen (secondary N) is 1. The highest BCUT2D eigenvalue weighted by molar-refractivity contribution is 5.93. The van der Waals surface area contributed by atoms with E-state index in [1.54, 1.807) is 19.2 Å². The molecule has 3 rings (SSSR count). The summed E-state index contributed by atoms with van der Waals surface area (Å²) in [6.07, 6.45) is 2.28. The lowest BCUT2D eigenvalue weighted by atomic mass is 10.2. The van der Waals surface area contributed by atoms with Crippen molar-refractivity contribution in [3.05, 3.63) is 48.3 Å². The van der Waals surface area contributed by atoms with Crippen LogP contribution in [0.5, 0.6) is 11.5 Å². The Morgan fingerprint density at radius 1 is 1.00 bits per heavy atom. The minimum absolute atomic E-state index is 0.381. The van der Waals surface area contributed by atoms with Gasteiger partial charge in [0.25, 0.3) is 0 Å². The van der Waals surface area contributed by atoms with Crippen LogP contribution in [0.15, 0.2) is 36.7 Å². The number of methoxy groups -OCH3 is 1. The summed E-state index contributed by atoms with van der Waals surface area (Å²) in [6.45, 7) is 7.78. The van der Waals surface area contributed by atoms with Gasteiger partial charge in [0, 0.05) is 29.8 Å². The number of nitrogens with zero attached hydrogens (tertiary/aromatic N) is 3. The molecule has 3 aromatic rings. The summed E-state index contributed by atoms with van der Waals surface area (Å²) in [5.74, 6) is -0.229. The molecular formula is C22H26F2N4O2. The molecule has 1 aromatic heterocycles. The molecule has 8 heteroatoms. The van der Waals surface area contributed by atoms with Crippen molar-refractivity contribution in [2.45, 2.75) is 20.3 Å². The third-order valence-corrected chi connectivity index (χ3v) is 4.87. The van der Waals surface area contributed by atoms with Crippen molar-refractivity contribution in [3.63, 3.8) is 0 Å². The summed E-state index contributed by atoms with van der Waals surface area (Å²) in [6, 6.07) is 7.16. The molecule has 0 saturated heterocycles. The number of fused-ring (bicyclic) bond motifs is 1. The molecule has 1 N–H and O–H groups in total. The van der Waals surface area contributed by atoms with Crippen LogP contribution in [0.1, 0.15) is 20.3 Å². The molecule has 0 bridgehead atoms. The zero-order chi connectivity index (χ0) is 21.5. The first-order chi connectivity index (χ1) is 14.5. The van der Waals surface area contributed by atoms with Crippen LogP contribution < -0.4 is 14.8 Å². The van der Waals surface area contributed by atoms with E-state index in [9.17, 15) is 8.78 Å². The van der Waals surface area contributed by atoms with Crippen molar-refractivity contribution in [2.75, 3.05) is 38.7 Å². The number of hydrogen-bond donors (Lipinski definition) is 1. The van der Waals surface area contributed by atoms with E-state index in [0.29, 0.717) is 40.5 Å². The Hall–Kier alpha value is -3.00. The van der Waals surface area contributed by atoms with Gasteiger partial charge in [-0.25, -0.2) is 18.7 Å². The van der Waals surface area contributed by atoms with Crippen molar-refractivity contribution in [1.29, 1.82) is 0 Å². The molecule has 160 valence electrons. The van der Waals surface area contributed by atoms with Crippen LogP contribution in [0.2, 0.25) is 0 Å². The summed E-state index contributed by atoms with van der Waals surface area (Å²) in [5, 5.41) is 3.70. The summed E-state index contributed by atoms with van der Waals surface area (Å²) in [5.41, 5.74) is 1.02. The predicted octanol–water partition coefficient (Wildman–Crippen LogP) is 4.77. The minimum Gasteiger partial charge on any atom is -0.493 e. The van der Waals surface area contributed by atoms with Crippen LogP contribution in [0.4, 0.5) is 20.3 Å². The number of hydrogen-bond acceptors (Lipinski definition) is 6. The molecule has 0 aliphatic heterocycles. The van der Waals surface area contributed by atoms with Crippen LogP contribution in [-0.4, -0.2) is 48.2 Å². The quantitative estimate of drug-likeness (QED) is 0.481. The third kappa shape index (κ3) is 5.13. The van der Waals surface area contributed by atoms with E-state index in [1.165, 1.54) is 12.4 Å². The van der Waals surface area contributed by atoms with Gasteiger partial charge in [0.2, 0.25) is 0 Å². The van der Waals surface area contributed by atoms with Crippen molar-refractivity contribution >= 4 is 22.4 Å². The van der Waals surface area contributed by atoms with Gasteiger partial charge in [-0.05, 0) is 37.7 Å². The smallest absolute Gasteiger partial charge is 0.162 e. The average molecular weight is 416 g/mol. The maximum absolute atomic E-state index is 13.6. The van der Waals surface area contributed by atoms with E-state index in [4.69, 9.17) is 9.47 Å². The fourth-order valence-corrected chi connectivity index (χ4v) is 3.16. The summed E-state index contributed by atoms with van der Waals surface area (Å²) >= 11 is 0. The second-order valence-electron chi connectivity index (χ2n) is 6.73. The Morgan fingerprint density at radius 2 is 1.80 bits per heavy atom. The van der Waals surface area contributed by atoms with E-state index in [0.717, 1.165) is 38.2 Å². The number of aromatic nitrogens is 2. The normalized spacial score (nSPS) is 11.1. The Labute approximate surface area is 174 Å². The first-order valence-electron chi connectivity index (χ1n) is 9.95. The topological polar surface area (TPSA) is 59.5 Å². The number of rotatable bonds is 10. The molecule has 0 aliphatic carbocycles. The van der Waals surface area contributed by atoms with E-state index in [2.05, 4.69) is 34.0 Å². The van der Waals surface area contributed by atoms with Crippen LogP contribution >= 0.6 is 0 Å². The van der Waals surface area contributed by atoms with Gasteiger partial charge in [-0.1, -0.05) is 13.8 Å². The fourth-order valence-electron chi connectivity index (χ4n) is 3.16. The first kappa shape index (κ1) is 21.7. The monoisotopic (exact) mass is 416 g/mol. The van der Waals surface area contributed by atoms with Gasteiger partial charge in [0.05, 0.1) is 19.2 Å². The highest BCUT2D eigenvalue weighted by Crippen LogP contribution is 2.35. The molecule has 0 amide bonds. The lowest BCUT2D eigenvalue weighted by Crippen LogP contribution is -2.25. The van der Waals surface area contributed by atoms with Gasteiger partial charge in [-0.3, -0.25) is 0 Å². The van der Waals surface area contributed by atoms with Gasteiger partial charge >= 0.3 is 0 Å². The Balaban J connectivity index is 1.83. The number of halogens is 2. The molecule has 6 nitrogen and oxygen atoms in total. The molecule has 0 saturated carbocycles. The molecule has 0 unspecified atom stereocenters. The van der Waals surface area contributed by atoms with Crippen LogP contribution in [0.3, 0.4) is 0 Å². The molecule has 0 spiro atoms. The third-order valence-electron chi connectivity index (χ3n) is 4.87. The molecule has 0 radical (unpaired) electrons. The predicted molar refractivity (Wildman–Crippen MR) is 114 cm³/mol. The van der Waals surface area contributed by atoms with Crippen molar-refractivity contribution in [2.24, 2.45) is 0 Å². The van der Waals surface area contributed by atoms with Gasteiger partial charge < -0.3 is 19.7 Å². The highest BCUT2D eigenvalue weighted by atomic mass is 19.2. The largest absolute Gasteiger partial charge is 0.493 e. The fraction of sp³-hybridized carbons (Fsp3) is 0.364. The number of benzene rings is 2. The van der Waals surface area contributed by atoms with E-state index < -0.39 is 11.6 Å². The van der Waals surface area contributed by atoms with Gasteiger partial charge in [0.1, 0.15) is 12.1 Å². The zero-order valence-electron chi connectivity index (χ0n) is 17.4. The molecular weight excluding hydrogens is 390 g/mol. The number of ether oxygens (including phenoxy) is 2. The molecule has 0 atom stereocenters. The van der Waals surface area contributed by atoms with Crippen LogP contribution in [0.25, 0.3) is 10.9 Å². The van der Waals surface area contributed by atoms with Crippen molar-refractivity contribution < 1.29 is 18.3 Å². The van der Waals surface area contributed by atoms with Gasteiger partial charge in [-0.2, -0.15) is 0 Å². The summed E-state index contributed by atoms with van der Waals surface area (Å²) in [7, 11) is 1.57. The Kier molecular flexibility index (Phi) is 7.35. The lowest BCUT2D eigenvalue weighted by Gasteiger charge is -2.18. The second kappa shape index (κ2) is 10.2. The van der Waals surface area contributed by atoms with Gasteiger partial charge in [0.15, 0.2) is 23.1 Å². The highest BCUT2D eigenvalue weighted by Gasteiger charge is 2.13. The first-order valence-corrected chi connectivity index (χ1v) is 9.95. The summed E-state index contributed by atoms with van der Waals surface area (Å²) < 4.78 is 38.2. The molecule has 1 heterocycles. The zero-order valence-corrected chi connectivity index (χ0v) is 17.4. The summed E-state index contributed by atoms with van der Waals surface area (Å²) in [4.78, 5) is 10.9. The maximum Gasteiger partial charge on any atom is 0.162 e. The number of anilines is 2. The van der Waals surface area contributed by atoms with Gasteiger partial charge in [-0.15, -0.1) is 0 Å². The molecule has 0 fully saturated rings. The van der Waals surface area contributed by atoms with Crippen molar-refractivity contribution in [3.8, 4) is 11.5 Å². The SMILES string of the molecule is CCN(CC)CCCOc1cc2c(Nc3ccc(F)c(F)c3)ncnc2cc1OC.